The summed E-state index contributed by atoms with van der Waals surface area (Å²) in [7, 11) is 1.87. The van der Waals surface area contributed by atoms with Gasteiger partial charge in [-0.05, 0) is 50.9 Å². The number of aryl methyl sites for hydroxylation is 1. The number of carbonyl (C=O) groups is 1. The molecule has 0 aromatic carbocycles. The van der Waals surface area contributed by atoms with Crippen molar-refractivity contribution in [2.24, 2.45) is 5.92 Å². The van der Waals surface area contributed by atoms with Crippen LogP contribution in [0.1, 0.15) is 30.7 Å². The average Bonchev–Trinajstić information content (AvgIpc) is 2.40. The quantitative estimate of drug-likeness (QED) is 0.898. The SMILES string of the molecule is Cc1cccc(CN(C)C(=O)CC2CCNCC2)n1. The summed E-state index contributed by atoms with van der Waals surface area (Å²) in [4.78, 5) is 18.4. The first kappa shape index (κ1) is 14.0. The van der Waals surface area contributed by atoms with Crippen LogP contribution in [0, 0.1) is 12.8 Å². The molecule has 1 amide bonds. The summed E-state index contributed by atoms with van der Waals surface area (Å²) in [5, 5.41) is 3.33. The predicted octanol–water partition coefficient (Wildman–Crippen LogP) is 1.74. The van der Waals surface area contributed by atoms with Crippen molar-refractivity contribution in [3.63, 3.8) is 0 Å². The number of nitrogens with zero attached hydrogens (tertiary/aromatic N) is 2. The highest BCUT2D eigenvalue weighted by Crippen LogP contribution is 2.17. The van der Waals surface area contributed by atoms with E-state index in [4.69, 9.17) is 0 Å². The lowest BCUT2D eigenvalue weighted by molar-refractivity contribution is -0.131. The van der Waals surface area contributed by atoms with Crippen LogP contribution in [0.25, 0.3) is 0 Å². The van der Waals surface area contributed by atoms with Crippen LogP contribution in [0.15, 0.2) is 18.2 Å². The first-order chi connectivity index (χ1) is 9.15. The molecule has 1 fully saturated rings. The maximum atomic E-state index is 12.2. The zero-order valence-electron chi connectivity index (χ0n) is 11.9. The lowest BCUT2D eigenvalue weighted by Gasteiger charge is -2.24. The van der Waals surface area contributed by atoms with Crippen molar-refractivity contribution in [3.8, 4) is 0 Å². The summed E-state index contributed by atoms with van der Waals surface area (Å²) in [5.41, 5.74) is 1.96. The average molecular weight is 261 g/mol. The largest absolute Gasteiger partial charge is 0.340 e. The van der Waals surface area contributed by atoms with Crippen molar-refractivity contribution in [2.75, 3.05) is 20.1 Å². The molecule has 0 unspecified atom stereocenters. The molecule has 4 heteroatoms. The Bertz CT molecular complexity index is 427. The number of carbonyl (C=O) groups excluding carboxylic acids is 1. The Hall–Kier alpha value is -1.42. The highest BCUT2D eigenvalue weighted by molar-refractivity contribution is 5.76. The van der Waals surface area contributed by atoms with Gasteiger partial charge < -0.3 is 10.2 Å². The molecule has 0 aliphatic carbocycles. The summed E-state index contributed by atoms with van der Waals surface area (Å²) in [5.74, 6) is 0.775. The molecule has 104 valence electrons. The van der Waals surface area contributed by atoms with Crippen molar-refractivity contribution >= 4 is 5.91 Å². The standard InChI is InChI=1S/C15H23N3O/c1-12-4-3-5-14(17-12)11-18(2)15(19)10-13-6-8-16-9-7-13/h3-5,13,16H,6-11H2,1-2H3. The Labute approximate surface area is 115 Å². The highest BCUT2D eigenvalue weighted by Gasteiger charge is 2.19. The van der Waals surface area contributed by atoms with E-state index >= 15 is 0 Å². The van der Waals surface area contributed by atoms with E-state index in [9.17, 15) is 4.79 Å². The second kappa shape index (κ2) is 6.66. The number of aromatic nitrogens is 1. The molecule has 1 aromatic rings. The summed E-state index contributed by atoms with van der Waals surface area (Å²) in [6.07, 6.45) is 2.90. The molecule has 1 aliphatic rings. The zero-order chi connectivity index (χ0) is 13.7. The molecule has 19 heavy (non-hydrogen) atoms. The second-order valence-corrected chi connectivity index (χ2v) is 5.42. The number of rotatable bonds is 4. The second-order valence-electron chi connectivity index (χ2n) is 5.42. The third kappa shape index (κ3) is 4.31. The molecule has 0 spiro atoms. The Kier molecular flexibility index (Phi) is 4.91. The normalized spacial score (nSPS) is 16.3. The minimum Gasteiger partial charge on any atom is -0.340 e. The smallest absolute Gasteiger partial charge is 0.222 e. The van der Waals surface area contributed by atoms with Crippen LogP contribution >= 0.6 is 0 Å². The lowest BCUT2D eigenvalue weighted by atomic mass is 9.94. The molecule has 1 aromatic heterocycles. The molecule has 2 heterocycles. The molecule has 4 nitrogen and oxygen atoms in total. The van der Waals surface area contributed by atoms with E-state index < -0.39 is 0 Å². The lowest BCUT2D eigenvalue weighted by Crippen LogP contribution is -2.33. The van der Waals surface area contributed by atoms with Crippen molar-refractivity contribution in [2.45, 2.75) is 32.7 Å². The van der Waals surface area contributed by atoms with E-state index in [0.717, 1.165) is 37.3 Å². The Morgan fingerprint density at radius 3 is 2.84 bits per heavy atom. The van der Waals surface area contributed by atoms with Gasteiger partial charge in [-0.2, -0.15) is 0 Å². The van der Waals surface area contributed by atoms with Gasteiger partial charge in [0.25, 0.3) is 0 Å². The van der Waals surface area contributed by atoms with Crippen LogP contribution < -0.4 is 5.32 Å². The number of hydrogen-bond acceptors (Lipinski definition) is 3. The summed E-state index contributed by atoms with van der Waals surface area (Å²) >= 11 is 0. The van der Waals surface area contributed by atoms with Crippen molar-refractivity contribution < 1.29 is 4.79 Å². The fraction of sp³-hybridized carbons (Fsp3) is 0.600. The van der Waals surface area contributed by atoms with Gasteiger partial charge in [0.2, 0.25) is 5.91 Å². The zero-order valence-corrected chi connectivity index (χ0v) is 11.9. The van der Waals surface area contributed by atoms with Crippen LogP contribution in [-0.2, 0) is 11.3 Å². The van der Waals surface area contributed by atoms with Crippen LogP contribution in [0.5, 0.6) is 0 Å². The first-order valence-corrected chi connectivity index (χ1v) is 7.02. The third-order valence-corrected chi connectivity index (χ3v) is 3.69. The predicted molar refractivity (Wildman–Crippen MR) is 75.7 cm³/mol. The fourth-order valence-corrected chi connectivity index (χ4v) is 2.51. The van der Waals surface area contributed by atoms with Gasteiger partial charge in [-0.1, -0.05) is 6.07 Å². The van der Waals surface area contributed by atoms with Gasteiger partial charge in [-0.3, -0.25) is 9.78 Å². The minimum absolute atomic E-state index is 0.232. The third-order valence-electron chi connectivity index (χ3n) is 3.69. The summed E-state index contributed by atoms with van der Waals surface area (Å²) < 4.78 is 0. The number of pyridine rings is 1. The van der Waals surface area contributed by atoms with Crippen molar-refractivity contribution in [1.82, 2.24) is 15.2 Å². The van der Waals surface area contributed by atoms with E-state index in [1.54, 1.807) is 4.90 Å². The summed E-state index contributed by atoms with van der Waals surface area (Å²) in [6, 6.07) is 5.93. The monoisotopic (exact) mass is 261 g/mol. The molecule has 2 rings (SSSR count). The number of nitrogens with one attached hydrogen (secondary N) is 1. The van der Waals surface area contributed by atoms with Crippen molar-refractivity contribution in [3.05, 3.63) is 29.6 Å². The van der Waals surface area contributed by atoms with E-state index in [2.05, 4.69) is 10.3 Å². The van der Waals surface area contributed by atoms with Gasteiger partial charge in [0.15, 0.2) is 0 Å². The Morgan fingerprint density at radius 1 is 1.42 bits per heavy atom. The Balaban J connectivity index is 1.84. The number of piperidine rings is 1. The fourth-order valence-electron chi connectivity index (χ4n) is 2.51. The van der Waals surface area contributed by atoms with Gasteiger partial charge in [-0.15, -0.1) is 0 Å². The maximum Gasteiger partial charge on any atom is 0.222 e. The topological polar surface area (TPSA) is 45.2 Å². The highest BCUT2D eigenvalue weighted by atomic mass is 16.2. The van der Waals surface area contributed by atoms with Crippen LogP contribution in [0.2, 0.25) is 0 Å². The van der Waals surface area contributed by atoms with Crippen LogP contribution in [0.3, 0.4) is 0 Å². The molecule has 1 N–H and O–H groups in total. The van der Waals surface area contributed by atoms with E-state index in [-0.39, 0.29) is 5.91 Å². The number of amides is 1. The van der Waals surface area contributed by atoms with Crippen LogP contribution in [0.4, 0.5) is 0 Å². The van der Waals surface area contributed by atoms with Gasteiger partial charge in [0.1, 0.15) is 0 Å². The van der Waals surface area contributed by atoms with E-state index in [0.29, 0.717) is 18.9 Å². The molecule has 0 radical (unpaired) electrons. The molecule has 1 aliphatic heterocycles. The molecule has 1 saturated heterocycles. The first-order valence-electron chi connectivity index (χ1n) is 7.02. The van der Waals surface area contributed by atoms with E-state index in [1.807, 2.05) is 32.2 Å². The molecule has 0 bridgehead atoms. The van der Waals surface area contributed by atoms with Gasteiger partial charge >= 0.3 is 0 Å². The van der Waals surface area contributed by atoms with E-state index in [1.165, 1.54) is 0 Å². The Morgan fingerprint density at radius 2 is 2.16 bits per heavy atom. The molecule has 0 atom stereocenters. The molecular formula is C15H23N3O. The minimum atomic E-state index is 0.232. The van der Waals surface area contributed by atoms with Gasteiger partial charge in [-0.25, -0.2) is 0 Å². The summed E-state index contributed by atoms with van der Waals surface area (Å²) in [6.45, 7) is 4.66. The number of hydrogen-bond donors (Lipinski definition) is 1. The molecular weight excluding hydrogens is 238 g/mol. The van der Waals surface area contributed by atoms with Gasteiger partial charge in [0, 0.05) is 19.2 Å². The maximum absolute atomic E-state index is 12.2. The molecule has 0 saturated carbocycles. The van der Waals surface area contributed by atoms with Crippen molar-refractivity contribution in [1.29, 1.82) is 0 Å². The van der Waals surface area contributed by atoms with Gasteiger partial charge in [0.05, 0.1) is 12.2 Å². The van der Waals surface area contributed by atoms with Crippen LogP contribution in [-0.4, -0.2) is 35.9 Å².